The molecule has 0 aliphatic carbocycles. The van der Waals surface area contributed by atoms with Crippen molar-refractivity contribution >= 4 is 23.5 Å². The molecule has 0 spiro atoms. The van der Waals surface area contributed by atoms with E-state index in [4.69, 9.17) is 14.2 Å². The molecular weight excluding hydrogens is 426 g/mol. The molecular formula is C24H27N3O6. The Balaban J connectivity index is 1.40. The van der Waals surface area contributed by atoms with Crippen LogP contribution in [0.5, 0.6) is 17.2 Å². The molecule has 2 heterocycles. The van der Waals surface area contributed by atoms with Gasteiger partial charge in [0.2, 0.25) is 5.91 Å². The highest BCUT2D eigenvalue weighted by Gasteiger charge is 2.50. The molecule has 2 aromatic carbocycles. The van der Waals surface area contributed by atoms with Gasteiger partial charge >= 0.3 is 6.03 Å². The number of ether oxygens (including phenoxy) is 3. The summed E-state index contributed by atoms with van der Waals surface area (Å²) >= 11 is 0. The van der Waals surface area contributed by atoms with Crippen molar-refractivity contribution in [2.45, 2.75) is 38.3 Å². The van der Waals surface area contributed by atoms with Crippen molar-refractivity contribution in [3.8, 4) is 17.2 Å². The van der Waals surface area contributed by atoms with E-state index in [-0.39, 0.29) is 0 Å². The van der Waals surface area contributed by atoms with Crippen molar-refractivity contribution in [3.05, 3.63) is 48.0 Å². The van der Waals surface area contributed by atoms with E-state index in [0.29, 0.717) is 43.2 Å². The second-order valence-electron chi connectivity index (χ2n) is 8.31. The zero-order valence-corrected chi connectivity index (χ0v) is 18.8. The zero-order valence-electron chi connectivity index (χ0n) is 18.8. The number of amides is 4. The molecule has 2 atom stereocenters. The Morgan fingerprint density at radius 3 is 2.55 bits per heavy atom. The summed E-state index contributed by atoms with van der Waals surface area (Å²) in [6.07, 6.45) is 0.981. The lowest BCUT2D eigenvalue weighted by Crippen LogP contribution is -2.48. The highest BCUT2D eigenvalue weighted by atomic mass is 16.6. The first-order valence-corrected chi connectivity index (χ1v) is 10.8. The molecule has 0 aromatic heterocycles. The third kappa shape index (κ3) is 4.57. The molecule has 2 aliphatic rings. The van der Waals surface area contributed by atoms with Gasteiger partial charge in [-0.1, -0.05) is 12.1 Å². The number of urea groups is 1. The number of nitrogens with one attached hydrogen (secondary N) is 2. The predicted octanol–water partition coefficient (Wildman–Crippen LogP) is 2.74. The average molecular weight is 453 g/mol. The van der Waals surface area contributed by atoms with Gasteiger partial charge in [0.05, 0.1) is 7.11 Å². The first-order valence-electron chi connectivity index (χ1n) is 10.8. The molecule has 9 heteroatoms. The second kappa shape index (κ2) is 9.01. The van der Waals surface area contributed by atoms with Crippen LogP contribution >= 0.6 is 0 Å². The number of benzene rings is 2. The van der Waals surface area contributed by atoms with Gasteiger partial charge in [0.25, 0.3) is 5.91 Å². The summed E-state index contributed by atoms with van der Waals surface area (Å²) in [4.78, 5) is 39.6. The van der Waals surface area contributed by atoms with E-state index in [1.165, 1.54) is 6.92 Å². The number of anilines is 1. The fourth-order valence-corrected chi connectivity index (χ4v) is 3.90. The number of rotatable bonds is 7. The molecule has 2 aromatic rings. The number of fused-ring (bicyclic) bond motifs is 1. The summed E-state index contributed by atoms with van der Waals surface area (Å²) in [5, 5.41) is 5.51. The summed E-state index contributed by atoms with van der Waals surface area (Å²) in [6, 6.07) is 11.0. The fraction of sp³-hybridized carbons (Fsp3) is 0.375. The Kier molecular flexibility index (Phi) is 6.13. The number of carbonyl (C=O) groups excluding carboxylic acids is 3. The predicted molar refractivity (Wildman–Crippen MR) is 121 cm³/mol. The number of imide groups is 1. The number of hydrogen-bond acceptors (Lipinski definition) is 6. The Morgan fingerprint density at radius 2 is 1.85 bits per heavy atom. The molecule has 2 N–H and O–H groups in total. The van der Waals surface area contributed by atoms with Crippen molar-refractivity contribution in [1.29, 1.82) is 0 Å². The summed E-state index contributed by atoms with van der Waals surface area (Å²) in [7, 11) is 1.60. The van der Waals surface area contributed by atoms with E-state index in [1.54, 1.807) is 32.2 Å². The molecule has 4 rings (SSSR count). The molecule has 1 fully saturated rings. The number of aryl methyl sites for hydroxylation is 1. The highest BCUT2D eigenvalue weighted by Crippen LogP contribution is 2.33. The second-order valence-corrected chi connectivity index (χ2v) is 8.31. The van der Waals surface area contributed by atoms with E-state index in [1.807, 2.05) is 24.3 Å². The van der Waals surface area contributed by atoms with Gasteiger partial charge in [0.1, 0.15) is 30.5 Å². The minimum Gasteiger partial charge on any atom is -0.497 e. The van der Waals surface area contributed by atoms with E-state index in [0.717, 1.165) is 16.2 Å². The number of hydrogen-bond donors (Lipinski definition) is 2. The maximum absolute atomic E-state index is 13.2. The molecule has 0 radical (unpaired) electrons. The zero-order chi connectivity index (χ0) is 23.6. The van der Waals surface area contributed by atoms with Crippen molar-refractivity contribution < 1.29 is 28.6 Å². The largest absolute Gasteiger partial charge is 0.497 e. The SMILES string of the molecule is COc1ccc(CC[C@@]2(C)NC(=O)N([C@H](C)C(=O)Nc3ccc4c(c3)OCCO4)C2=O)cc1. The quantitative estimate of drug-likeness (QED) is 0.625. The van der Waals surface area contributed by atoms with Crippen LogP contribution in [-0.2, 0) is 16.0 Å². The topological polar surface area (TPSA) is 106 Å². The van der Waals surface area contributed by atoms with Crippen LogP contribution in [-0.4, -0.2) is 54.6 Å². The standard InChI is InChI=1S/C24H27N3O6/c1-15(21(28)25-17-6-9-19-20(14-17)33-13-12-32-19)27-22(29)24(2,26-23(27)30)11-10-16-4-7-18(31-3)8-5-16/h4-9,14-15H,10-13H2,1-3H3,(H,25,28)(H,26,30)/t15-,24-/m1/s1. The summed E-state index contributed by atoms with van der Waals surface area (Å²) < 4.78 is 16.2. The van der Waals surface area contributed by atoms with Crippen molar-refractivity contribution in [2.24, 2.45) is 0 Å². The lowest BCUT2D eigenvalue weighted by atomic mass is 9.93. The van der Waals surface area contributed by atoms with Gasteiger partial charge in [-0.2, -0.15) is 0 Å². The number of methoxy groups -OCH3 is 1. The van der Waals surface area contributed by atoms with E-state index in [2.05, 4.69) is 10.6 Å². The van der Waals surface area contributed by atoms with Crippen molar-refractivity contribution in [2.75, 3.05) is 25.6 Å². The average Bonchev–Trinajstić information content (AvgIpc) is 3.05. The molecule has 174 valence electrons. The van der Waals surface area contributed by atoms with Crippen molar-refractivity contribution in [3.63, 3.8) is 0 Å². The molecule has 1 saturated heterocycles. The molecule has 0 saturated carbocycles. The van der Waals surface area contributed by atoms with Gasteiger partial charge in [-0.3, -0.25) is 9.59 Å². The maximum Gasteiger partial charge on any atom is 0.325 e. The van der Waals surface area contributed by atoms with Crippen LogP contribution in [0.3, 0.4) is 0 Å². The number of carbonyl (C=O) groups is 3. The highest BCUT2D eigenvalue weighted by molar-refractivity contribution is 6.11. The smallest absolute Gasteiger partial charge is 0.325 e. The minimum absolute atomic E-state index is 0.400. The van der Waals surface area contributed by atoms with Gasteiger partial charge in [-0.05, 0) is 56.5 Å². The van der Waals surface area contributed by atoms with Crippen LogP contribution in [0.4, 0.5) is 10.5 Å². The van der Waals surface area contributed by atoms with Gasteiger partial charge in [0.15, 0.2) is 11.5 Å². The van der Waals surface area contributed by atoms with Gasteiger partial charge < -0.3 is 24.8 Å². The van der Waals surface area contributed by atoms with E-state index >= 15 is 0 Å². The first-order chi connectivity index (χ1) is 15.8. The van der Waals surface area contributed by atoms with Crippen molar-refractivity contribution in [1.82, 2.24) is 10.2 Å². The lowest BCUT2D eigenvalue weighted by Gasteiger charge is -2.24. The summed E-state index contributed by atoms with van der Waals surface area (Å²) in [5.74, 6) is 0.987. The van der Waals surface area contributed by atoms with E-state index < -0.39 is 29.4 Å². The lowest BCUT2D eigenvalue weighted by molar-refractivity contribution is -0.136. The Labute approximate surface area is 192 Å². The third-order valence-electron chi connectivity index (χ3n) is 5.94. The number of nitrogens with zero attached hydrogens (tertiary/aromatic N) is 1. The van der Waals surface area contributed by atoms with Gasteiger partial charge in [-0.15, -0.1) is 0 Å². The Bertz CT molecular complexity index is 1070. The Hall–Kier alpha value is -3.75. The molecule has 0 bridgehead atoms. The summed E-state index contributed by atoms with van der Waals surface area (Å²) in [6.45, 7) is 4.11. The van der Waals surface area contributed by atoms with Crippen LogP contribution in [0, 0.1) is 0 Å². The maximum atomic E-state index is 13.2. The normalized spacial score (nSPS) is 20.3. The van der Waals surface area contributed by atoms with Crippen LogP contribution in [0.15, 0.2) is 42.5 Å². The molecule has 9 nitrogen and oxygen atoms in total. The molecule has 0 unspecified atom stereocenters. The van der Waals surface area contributed by atoms with Crippen LogP contribution in [0.25, 0.3) is 0 Å². The summed E-state index contributed by atoms with van der Waals surface area (Å²) in [5.41, 5.74) is 0.412. The van der Waals surface area contributed by atoms with E-state index in [9.17, 15) is 14.4 Å². The molecule has 4 amide bonds. The van der Waals surface area contributed by atoms with Crippen LogP contribution in [0.1, 0.15) is 25.8 Å². The van der Waals surface area contributed by atoms with Crippen LogP contribution < -0.4 is 24.8 Å². The minimum atomic E-state index is -1.09. The van der Waals surface area contributed by atoms with Gasteiger partial charge in [-0.25, -0.2) is 9.69 Å². The van der Waals surface area contributed by atoms with Crippen LogP contribution in [0.2, 0.25) is 0 Å². The monoisotopic (exact) mass is 453 g/mol. The van der Waals surface area contributed by atoms with Gasteiger partial charge in [0, 0.05) is 11.8 Å². The fourth-order valence-electron chi connectivity index (χ4n) is 3.90. The third-order valence-corrected chi connectivity index (χ3v) is 5.94. The first kappa shape index (κ1) is 22.4. The Morgan fingerprint density at radius 1 is 1.15 bits per heavy atom. The molecule has 2 aliphatic heterocycles. The molecule has 33 heavy (non-hydrogen) atoms.